The summed E-state index contributed by atoms with van der Waals surface area (Å²) in [6.07, 6.45) is 3.37. The van der Waals surface area contributed by atoms with Gasteiger partial charge in [-0.2, -0.15) is 0 Å². The number of benzene rings is 1. The molecule has 2 aliphatic rings. The normalized spacial score (nSPS) is 21.5. The van der Waals surface area contributed by atoms with E-state index in [0.29, 0.717) is 16.5 Å². The van der Waals surface area contributed by atoms with Gasteiger partial charge in [0, 0.05) is 23.6 Å². The molecule has 2 heterocycles. The zero-order valence-corrected chi connectivity index (χ0v) is 16.3. The number of carbonyl (C=O) groups excluding carboxylic acids is 3. The van der Waals surface area contributed by atoms with E-state index in [1.807, 2.05) is 19.1 Å². The zero-order valence-electron chi connectivity index (χ0n) is 16.3. The second-order valence-corrected chi connectivity index (χ2v) is 7.83. The van der Waals surface area contributed by atoms with Crippen molar-refractivity contribution in [1.29, 1.82) is 0 Å². The molecule has 1 saturated heterocycles. The van der Waals surface area contributed by atoms with E-state index in [4.69, 9.17) is 9.15 Å². The van der Waals surface area contributed by atoms with Crippen LogP contribution < -0.4 is 5.63 Å². The Morgan fingerprint density at radius 1 is 1.10 bits per heavy atom. The molecule has 2 aromatic rings. The van der Waals surface area contributed by atoms with Gasteiger partial charge in [-0.25, -0.2) is 4.79 Å². The van der Waals surface area contributed by atoms with Crippen molar-refractivity contribution in [3.05, 3.63) is 45.8 Å². The molecule has 2 fully saturated rings. The van der Waals surface area contributed by atoms with Crippen LogP contribution in [0.5, 0.6) is 0 Å². The highest BCUT2D eigenvalue weighted by atomic mass is 16.5. The lowest BCUT2D eigenvalue weighted by molar-refractivity contribution is -0.146. The van der Waals surface area contributed by atoms with Crippen molar-refractivity contribution in [2.75, 3.05) is 6.54 Å². The molecule has 1 saturated carbocycles. The molecule has 29 heavy (non-hydrogen) atoms. The van der Waals surface area contributed by atoms with Gasteiger partial charge in [-0.3, -0.25) is 19.3 Å². The van der Waals surface area contributed by atoms with Gasteiger partial charge in [0.25, 0.3) is 0 Å². The van der Waals surface area contributed by atoms with Gasteiger partial charge >= 0.3 is 11.6 Å². The number of aryl methyl sites for hydroxylation is 1. The van der Waals surface area contributed by atoms with Gasteiger partial charge < -0.3 is 9.15 Å². The maximum atomic E-state index is 12.5. The number of amides is 2. The quantitative estimate of drug-likeness (QED) is 0.437. The van der Waals surface area contributed by atoms with Gasteiger partial charge in [-0.05, 0) is 31.4 Å². The van der Waals surface area contributed by atoms with Crippen LogP contribution in [0, 0.1) is 18.8 Å². The van der Waals surface area contributed by atoms with Gasteiger partial charge in [-0.1, -0.05) is 25.0 Å². The molecule has 2 atom stereocenters. The summed E-state index contributed by atoms with van der Waals surface area (Å²) in [5.41, 5.74) is 1.45. The average molecular weight is 397 g/mol. The number of likely N-dealkylation sites (tertiary alicyclic amines) is 1. The molecule has 4 rings (SSSR count). The fourth-order valence-corrected chi connectivity index (χ4v) is 4.34. The fraction of sp³-hybridized carbons (Fsp3) is 0.455. The largest absolute Gasteiger partial charge is 0.461 e. The van der Waals surface area contributed by atoms with Crippen LogP contribution in [-0.2, 0) is 25.7 Å². The van der Waals surface area contributed by atoms with E-state index in [-0.39, 0.29) is 43.2 Å². The number of nitrogens with zero attached hydrogens (tertiary/aromatic N) is 1. The Morgan fingerprint density at radius 3 is 2.48 bits per heavy atom. The molecule has 7 heteroatoms. The SMILES string of the molecule is Cc1ccc2c(COC(=O)CCN3C(=O)C4CCCCC4C3=O)cc(=O)oc2c1. The van der Waals surface area contributed by atoms with Crippen LogP contribution in [0.1, 0.15) is 43.2 Å². The Morgan fingerprint density at radius 2 is 1.79 bits per heavy atom. The highest BCUT2D eigenvalue weighted by Crippen LogP contribution is 2.38. The first-order valence-corrected chi connectivity index (χ1v) is 9.98. The molecule has 1 aliphatic heterocycles. The number of rotatable bonds is 5. The highest BCUT2D eigenvalue weighted by Gasteiger charge is 2.47. The Hall–Kier alpha value is -2.96. The number of imide groups is 1. The van der Waals surface area contributed by atoms with Crippen molar-refractivity contribution in [1.82, 2.24) is 4.90 Å². The van der Waals surface area contributed by atoms with Crippen LogP contribution in [-0.4, -0.2) is 29.2 Å². The third-order valence-electron chi connectivity index (χ3n) is 5.85. The maximum Gasteiger partial charge on any atom is 0.336 e. The standard InChI is InChI=1S/C22H23NO6/c1-13-6-7-15-14(11-20(25)29-18(15)10-13)12-28-19(24)8-9-23-21(26)16-4-2-3-5-17(16)22(23)27/h6-7,10-11,16-17H,2-5,8-9,12H2,1H3. The number of carbonyl (C=O) groups is 3. The lowest BCUT2D eigenvalue weighted by Crippen LogP contribution is -2.33. The molecular weight excluding hydrogens is 374 g/mol. The van der Waals surface area contributed by atoms with Crippen molar-refractivity contribution in [3.63, 3.8) is 0 Å². The third-order valence-corrected chi connectivity index (χ3v) is 5.85. The molecule has 2 unspecified atom stereocenters. The Balaban J connectivity index is 1.38. The second-order valence-electron chi connectivity index (χ2n) is 7.83. The van der Waals surface area contributed by atoms with Gasteiger partial charge in [0.2, 0.25) is 11.8 Å². The topological polar surface area (TPSA) is 93.9 Å². The molecular formula is C22H23NO6. The summed E-state index contributed by atoms with van der Waals surface area (Å²) in [6, 6.07) is 6.77. The molecule has 152 valence electrons. The van der Waals surface area contributed by atoms with Crippen molar-refractivity contribution in [2.45, 2.75) is 45.6 Å². The summed E-state index contributed by atoms with van der Waals surface area (Å²) in [5, 5.41) is 0.706. The van der Waals surface area contributed by atoms with Gasteiger partial charge in [0.05, 0.1) is 18.3 Å². The Kier molecular flexibility index (Phi) is 5.22. The van der Waals surface area contributed by atoms with Crippen molar-refractivity contribution in [2.24, 2.45) is 11.8 Å². The molecule has 1 aromatic heterocycles. The first-order valence-electron chi connectivity index (χ1n) is 9.98. The van der Waals surface area contributed by atoms with Gasteiger partial charge in [-0.15, -0.1) is 0 Å². The molecule has 0 N–H and O–H groups in total. The van der Waals surface area contributed by atoms with Gasteiger partial charge in [0.1, 0.15) is 12.2 Å². The number of hydrogen-bond donors (Lipinski definition) is 0. The van der Waals surface area contributed by atoms with Crippen LogP contribution in [0.4, 0.5) is 0 Å². The molecule has 7 nitrogen and oxygen atoms in total. The van der Waals surface area contributed by atoms with Crippen molar-refractivity contribution >= 4 is 28.8 Å². The minimum atomic E-state index is -0.519. The van der Waals surface area contributed by atoms with Crippen molar-refractivity contribution < 1.29 is 23.5 Å². The van der Waals surface area contributed by atoms with E-state index in [2.05, 4.69) is 0 Å². The van der Waals surface area contributed by atoms with E-state index >= 15 is 0 Å². The summed E-state index contributed by atoms with van der Waals surface area (Å²) in [4.78, 5) is 50.1. The van der Waals surface area contributed by atoms with E-state index in [9.17, 15) is 19.2 Å². The minimum Gasteiger partial charge on any atom is -0.461 e. The smallest absolute Gasteiger partial charge is 0.336 e. The summed E-state index contributed by atoms with van der Waals surface area (Å²) < 4.78 is 10.5. The van der Waals surface area contributed by atoms with E-state index in [1.54, 1.807) is 6.07 Å². The first kappa shape index (κ1) is 19.4. The van der Waals surface area contributed by atoms with Crippen LogP contribution in [0.25, 0.3) is 11.0 Å². The zero-order chi connectivity index (χ0) is 20.5. The monoisotopic (exact) mass is 397 g/mol. The molecule has 1 aliphatic carbocycles. The lowest BCUT2D eigenvalue weighted by Gasteiger charge is -2.19. The highest BCUT2D eigenvalue weighted by molar-refractivity contribution is 6.05. The van der Waals surface area contributed by atoms with Crippen LogP contribution in [0.15, 0.2) is 33.5 Å². The summed E-state index contributed by atoms with van der Waals surface area (Å²) in [7, 11) is 0. The number of esters is 1. The predicted octanol–water partition coefficient (Wildman–Crippen LogP) is 2.71. The van der Waals surface area contributed by atoms with Crippen LogP contribution in [0.3, 0.4) is 0 Å². The third kappa shape index (κ3) is 3.81. The van der Waals surface area contributed by atoms with Gasteiger partial charge in [0.15, 0.2) is 0 Å². The van der Waals surface area contributed by atoms with E-state index in [1.165, 1.54) is 11.0 Å². The van der Waals surface area contributed by atoms with E-state index in [0.717, 1.165) is 31.2 Å². The fourth-order valence-electron chi connectivity index (χ4n) is 4.34. The number of fused-ring (bicyclic) bond motifs is 2. The number of hydrogen-bond acceptors (Lipinski definition) is 6. The summed E-state index contributed by atoms with van der Waals surface area (Å²) in [5.74, 6) is -1.27. The predicted molar refractivity (Wildman–Crippen MR) is 104 cm³/mol. The van der Waals surface area contributed by atoms with Crippen LogP contribution in [0.2, 0.25) is 0 Å². The molecule has 0 spiro atoms. The summed E-state index contributed by atoms with van der Waals surface area (Å²) >= 11 is 0. The second kappa shape index (κ2) is 7.81. The summed E-state index contributed by atoms with van der Waals surface area (Å²) in [6.45, 7) is 1.86. The lowest BCUT2D eigenvalue weighted by atomic mass is 9.81. The Labute approximate surface area is 167 Å². The molecule has 0 bridgehead atoms. The van der Waals surface area contributed by atoms with E-state index < -0.39 is 11.6 Å². The average Bonchev–Trinajstić information content (AvgIpc) is 2.94. The molecule has 2 amide bonds. The first-order chi connectivity index (χ1) is 13.9. The van der Waals surface area contributed by atoms with Crippen molar-refractivity contribution in [3.8, 4) is 0 Å². The van der Waals surface area contributed by atoms with Crippen LogP contribution >= 0.6 is 0 Å². The maximum absolute atomic E-state index is 12.5. The molecule has 0 radical (unpaired) electrons. The minimum absolute atomic E-state index is 0.0420. The Bertz CT molecular complexity index is 1020. The number of ether oxygens (including phenoxy) is 1. The molecule has 1 aromatic carbocycles.